The van der Waals surface area contributed by atoms with E-state index in [9.17, 15) is 4.79 Å². The first-order valence-corrected chi connectivity index (χ1v) is 8.00. The van der Waals surface area contributed by atoms with Crippen molar-refractivity contribution in [2.24, 2.45) is 5.73 Å². The van der Waals surface area contributed by atoms with Crippen LogP contribution in [0.1, 0.15) is 32.6 Å². The van der Waals surface area contributed by atoms with Crippen molar-refractivity contribution in [1.29, 1.82) is 0 Å². The minimum atomic E-state index is -0.404. The van der Waals surface area contributed by atoms with E-state index >= 15 is 0 Å². The molecule has 1 heterocycles. The number of halogens is 1. The highest BCUT2D eigenvalue weighted by atomic mass is 35.5. The Labute approximate surface area is 118 Å². The van der Waals surface area contributed by atoms with Gasteiger partial charge in [-0.1, -0.05) is 13.3 Å². The summed E-state index contributed by atoms with van der Waals surface area (Å²) in [6.07, 6.45) is 4.25. The quantitative estimate of drug-likeness (QED) is 0.815. The molecule has 3 nitrogen and oxygen atoms in total. The van der Waals surface area contributed by atoms with Gasteiger partial charge in [-0.15, -0.1) is 35.9 Å². The summed E-state index contributed by atoms with van der Waals surface area (Å²) in [6, 6.07) is 0.411. The second-order valence-electron chi connectivity index (χ2n) is 4.51. The first-order chi connectivity index (χ1) is 7.69. The first-order valence-electron chi connectivity index (χ1n) is 6.03. The number of rotatable bonds is 5. The van der Waals surface area contributed by atoms with E-state index < -0.39 is 4.08 Å². The molecule has 0 spiro atoms. The van der Waals surface area contributed by atoms with Gasteiger partial charge in [0.05, 0.1) is 0 Å². The predicted octanol–water partition coefficient (Wildman–Crippen LogP) is 1.99. The molecule has 1 saturated carbocycles. The van der Waals surface area contributed by atoms with Crippen LogP contribution in [0, 0.1) is 0 Å². The van der Waals surface area contributed by atoms with Crippen molar-refractivity contribution < 1.29 is 4.79 Å². The third-order valence-corrected chi connectivity index (χ3v) is 6.65. The van der Waals surface area contributed by atoms with Crippen LogP contribution in [0.5, 0.6) is 0 Å². The lowest BCUT2D eigenvalue weighted by molar-refractivity contribution is -0.121. The molecule has 2 rings (SSSR count). The summed E-state index contributed by atoms with van der Waals surface area (Å²) in [5.41, 5.74) is 6.22. The lowest BCUT2D eigenvalue weighted by Gasteiger charge is -2.32. The Morgan fingerprint density at radius 3 is 2.53 bits per heavy atom. The van der Waals surface area contributed by atoms with Gasteiger partial charge in [0.1, 0.15) is 0 Å². The van der Waals surface area contributed by atoms with Gasteiger partial charge in [-0.2, -0.15) is 0 Å². The van der Waals surface area contributed by atoms with Crippen molar-refractivity contribution in [2.75, 3.05) is 11.5 Å². The van der Waals surface area contributed by atoms with Crippen LogP contribution in [-0.4, -0.2) is 33.6 Å². The van der Waals surface area contributed by atoms with Gasteiger partial charge >= 0.3 is 0 Å². The zero-order valence-electron chi connectivity index (χ0n) is 10.1. The van der Waals surface area contributed by atoms with E-state index in [1.807, 2.05) is 0 Å². The van der Waals surface area contributed by atoms with E-state index in [0.717, 1.165) is 37.2 Å². The first kappa shape index (κ1) is 15.5. The Balaban J connectivity index is 0.00000144. The van der Waals surface area contributed by atoms with Gasteiger partial charge < -0.3 is 11.1 Å². The number of nitrogens with two attached hydrogens (primary N) is 1. The van der Waals surface area contributed by atoms with Crippen molar-refractivity contribution in [3.05, 3.63) is 0 Å². The van der Waals surface area contributed by atoms with E-state index in [1.165, 1.54) is 0 Å². The number of carbonyl (C=O) groups excluding carboxylic acids is 1. The lowest BCUT2D eigenvalue weighted by atomic mass is 10.1. The largest absolute Gasteiger partial charge is 0.351 e. The summed E-state index contributed by atoms with van der Waals surface area (Å²) in [7, 11) is 0. The van der Waals surface area contributed by atoms with Gasteiger partial charge in [0.2, 0.25) is 5.91 Å². The summed E-state index contributed by atoms with van der Waals surface area (Å²) < 4.78 is -0.404. The molecule has 0 radical (unpaired) electrons. The highest BCUT2D eigenvalue weighted by molar-refractivity contribution is 8.22. The minimum Gasteiger partial charge on any atom is -0.351 e. The maximum absolute atomic E-state index is 12.3. The van der Waals surface area contributed by atoms with Gasteiger partial charge in [-0.3, -0.25) is 4.79 Å². The standard InChI is InChI=1S/C11H20N2OS2.ClH/c1-2-3-9(12)11(15-6-7-16-11)10(14)13-8-4-5-8;/h8-9H,2-7,12H2,1H3,(H,13,14);1H. The van der Waals surface area contributed by atoms with Crippen molar-refractivity contribution in [1.82, 2.24) is 5.32 Å². The summed E-state index contributed by atoms with van der Waals surface area (Å²) in [5.74, 6) is 2.25. The second kappa shape index (κ2) is 6.55. The molecule has 1 aliphatic carbocycles. The maximum Gasteiger partial charge on any atom is 0.248 e. The average Bonchev–Trinajstić information content (AvgIpc) is 2.94. The van der Waals surface area contributed by atoms with Crippen molar-refractivity contribution in [3.8, 4) is 0 Å². The summed E-state index contributed by atoms with van der Waals surface area (Å²) >= 11 is 3.48. The summed E-state index contributed by atoms with van der Waals surface area (Å²) in [5, 5.41) is 3.12. The number of hydrogen-bond donors (Lipinski definition) is 2. The molecule has 0 aromatic carbocycles. The number of carbonyl (C=O) groups is 1. The molecule has 1 aliphatic heterocycles. The maximum atomic E-state index is 12.3. The SMILES string of the molecule is CCCC(N)C1(C(=O)NC2CC2)SCCS1.Cl. The molecule has 3 N–H and O–H groups in total. The molecule has 1 saturated heterocycles. The Morgan fingerprint density at radius 2 is 2.06 bits per heavy atom. The summed E-state index contributed by atoms with van der Waals surface area (Å²) in [6.45, 7) is 2.12. The normalized spacial score (nSPS) is 23.9. The highest BCUT2D eigenvalue weighted by Gasteiger charge is 2.48. The number of nitrogens with one attached hydrogen (secondary N) is 1. The Morgan fingerprint density at radius 1 is 1.47 bits per heavy atom. The molecule has 0 aromatic heterocycles. The van der Waals surface area contributed by atoms with Crippen molar-refractivity contribution in [2.45, 2.75) is 48.8 Å². The zero-order chi connectivity index (χ0) is 11.6. The Kier molecular flexibility index (Phi) is 5.96. The van der Waals surface area contributed by atoms with Gasteiger partial charge in [0.15, 0.2) is 4.08 Å². The fourth-order valence-electron chi connectivity index (χ4n) is 1.96. The van der Waals surface area contributed by atoms with Crippen LogP contribution in [0.15, 0.2) is 0 Å². The van der Waals surface area contributed by atoms with Gasteiger partial charge in [0, 0.05) is 23.6 Å². The molecular weight excluding hydrogens is 276 g/mol. The van der Waals surface area contributed by atoms with Crippen LogP contribution in [0.25, 0.3) is 0 Å². The molecular formula is C11H21ClN2OS2. The molecule has 1 unspecified atom stereocenters. The summed E-state index contributed by atoms with van der Waals surface area (Å²) in [4.78, 5) is 12.3. The van der Waals surface area contributed by atoms with E-state index in [1.54, 1.807) is 23.5 Å². The van der Waals surface area contributed by atoms with Crippen LogP contribution in [0.2, 0.25) is 0 Å². The molecule has 0 bridgehead atoms. The van der Waals surface area contributed by atoms with E-state index in [0.29, 0.717) is 6.04 Å². The zero-order valence-corrected chi connectivity index (χ0v) is 12.6. The van der Waals surface area contributed by atoms with E-state index in [2.05, 4.69) is 12.2 Å². The topological polar surface area (TPSA) is 55.1 Å². The molecule has 6 heteroatoms. The number of hydrogen-bond acceptors (Lipinski definition) is 4. The fraction of sp³-hybridized carbons (Fsp3) is 0.909. The Hall–Kier alpha value is 0.420. The predicted molar refractivity (Wildman–Crippen MR) is 78.9 cm³/mol. The molecule has 100 valence electrons. The molecule has 1 amide bonds. The third kappa shape index (κ3) is 3.46. The number of amides is 1. The minimum absolute atomic E-state index is 0. The molecule has 2 aliphatic rings. The van der Waals surface area contributed by atoms with Crippen LogP contribution < -0.4 is 11.1 Å². The van der Waals surface area contributed by atoms with Crippen LogP contribution in [0.4, 0.5) is 0 Å². The molecule has 0 aromatic rings. The lowest BCUT2D eigenvalue weighted by Crippen LogP contribution is -2.53. The second-order valence-corrected chi connectivity index (χ2v) is 7.45. The average molecular weight is 297 g/mol. The Bertz CT molecular complexity index is 268. The van der Waals surface area contributed by atoms with Crippen molar-refractivity contribution >= 4 is 41.8 Å². The van der Waals surface area contributed by atoms with Crippen molar-refractivity contribution in [3.63, 3.8) is 0 Å². The van der Waals surface area contributed by atoms with E-state index in [4.69, 9.17) is 5.73 Å². The molecule has 17 heavy (non-hydrogen) atoms. The highest BCUT2D eigenvalue weighted by Crippen LogP contribution is 2.47. The van der Waals surface area contributed by atoms with E-state index in [-0.39, 0.29) is 24.4 Å². The molecule has 1 atom stereocenters. The van der Waals surface area contributed by atoms with Gasteiger partial charge in [0.25, 0.3) is 0 Å². The van der Waals surface area contributed by atoms with Crippen LogP contribution in [0.3, 0.4) is 0 Å². The van der Waals surface area contributed by atoms with Gasteiger partial charge in [-0.25, -0.2) is 0 Å². The monoisotopic (exact) mass is 296 g/mol. The fourth-order valence-corrected chi connectivity index (χ4v) is 5.11. The number of thioether (sulfide) groups is 2. The smallest absolute Gasteiger partial charge is 0.248 e. The molecule has 2 fully saturated rings. The third-order valence-electron chi connectivity index (χ3n) is 3.03. The van der Waals surface area contributed by atoms with Crippen LogP contribution >= 0.6 is 35.9 Å². The van der Waals surface area contributed by atoms with Gasteiger partial charge in [-0.05, 0) is 19.3 Å². The van der Waals surface area contributed by atoms with Crippen LogP contribution in [-0.2, 0) is 4.79 Å².